The van der Waals surface area contributed by atoms with E-state index in [-0.39, 0.29) is 75.1 Å². The zero-order chi connectivity index (χ0) is 53.1. The Morgan fingerprint density at radius 1 is 0.616 bits per heavy atom. The molecule has 1 N–H and O–H groups in total. The molecular formula is C49H44F8N8O8. The molecule has 73 heavy (non-hydrogen) atoms. The molecule has 5 amide bonds. The molecule has 4 aliphatic heterocycles. The molecule has 16 nitrogen and oxygen atoms in total. The number of benzene rings is 4. The number of amides is 5. The molecule has 0 radical (unpaired) electrons. The average molecular weight is 1020 g/mol. The lowest BCUT2D eigenvalue weighted by Gasteiger charge is -2.57. The predicted molar refractivity (Wildman–Crippen MR) is 241 cm³/mol. The number of nitrogens with zero attached hydrogens (tertiary/aromatic N) is 7. The van der Waals surface area contributed by atoms with Crippen molar-refractivity contribution < 1.29 is 73.4 Å². The number of rotatable bonds is 6. The number of anilines is 2. The van der Waals surface area contributed by atoms with Gasteiger partial charge in [0.25, 0.3) is 11.8 Å². The van der Waals surface area contributed by atoms with Gasteiger partial charge < -0.3 is 24.8 Å². The van der Waals surface area contributed by atoms with E-state index in [2.05, 4.69) is 10.1 Å². The van der Waals surface area contributed by atoms with Crippen LogP contribution in [0.15, 0.2) is 84.9 Å². The number of hydrogen-bond donors (Lipinski definition) is 1. The van der Waals surface area contributed by atoms with Crippen LogP contribution >= 0.6 is 0 Å². The smallest absolute Gasteiger partial charge is 0.394 e. The summed E-state index contributed by atoms with van der Waals surface area (Å²) in [5, 5.41) is 20.8. The summed E-state index contributed by atoms with van der Waals surface area (Å²) in [6.07, 6.45) is -8.99. The van der Waals surface area contributed by atoms with Crippen LogP contribution in [0.2, 0.25) is 0 Å². The first-order valence-electron chi connectivity index (χ1n) is 21.4. The maximum Gasteiger partial charge on any atom is 0.416 e. The number of piperazine rings is 2. The van der Waals surface area contributed by atoms with Gasteiger partial charge >= 0.3 is 24.3 Å². The molecular weight excluding hydrogens is 981 g/mol. The van der Waals surface area contributed by atoms with E-state index in [9.17, 15) is 68.7 Å². The largest absolute Gasteiger partial charge is 0.416 e. The molecule has 4 aromatic rings. The number of likely N-dealkylation sites (tertiary alicyclic amines) is 1. The second kappa shape index (κ2) is 21.6. The van der Waals surface area contributed by atoms with Crippen molar-refractivity contribution in [2.75, 3.05) is 49.1 Å². The fraction of sp³-hybridized carbons (Fsp3) is 0.327. The molecule has 4 heterocycles. The summed E-state index contributed by atoms with van der Waals surface area (Å²) >= 11 is 0. The molecule has 4 saturated heterocycles. The third-order valence-electron chi connectivity index (χ3n) is 12.0. The minimum absolute atomic E-state index is 0. The fourth-order valence-corrected chi connectivity index (χ4v) is 8.24. The number of hydrogen-bond acceptors (Lipinski definition) is 11. The highest BCUT2D eigenvalue weighted by Gasteiger charge is 2.61. The normalized spacial score (nSPS) is 16.6. The topological polar surface area (TPSA) is 205 Å². The van der Waals surface area contributed by atoms with Crippen molar-refractivity contribution in [1.29, 1.82) is 10.5 Å². The van der Waals surface area contributed by atoms with Crippen LogP contribution in [-0.4, -0.2) is 107 Å². The van der Waals surface area contributed by atoms with Crippen LogP contribution in [0.25, 0.3) is 0 Å². The summed E-state index contributed by atoms with van der Waals surface area (Å²) < 4.78 is 110. The molecule has 0 aliphatic carbocycles. The van der Waals surface area contributed by atoms with Gasteiger partial charge in [-0.05, 0) is 71.8 Å². The number of carbonyl (C=O) groups excluding carboxylic acids is 7. The Labute approximate surface area is 411 Å². The first-order valence-corrected chi connectivity index (χ1v) is 21.4. The van der Waals surface area contributed by atoms with Crippen LogP contribution in [0.3, 0.4) is 0 Å². The standard InChI is InChI=1S/C23H18F4N4O3.C21H16F4N4O2.C4H6O3.CH4/c1-14(32)29-12-22(13-29)21(34)30(19-7-4-16(9-28)8-18(19)24)11-20(33)31(22)10-15-2-5-17(6-3-15)23(25,26)27;22-16-7-14(8-26)3-6-17(16)28-10-18(30)29(20(19(28)31)11-27-12-20)9-13-1-4-15(5-2-13)21(23,24)25;1-3(5)7-4(2)6;/h2-8H,10-13H2,1H3;1-7,27H,9-12H2;1-2H3;1H4. The van der Waals surface area contributed by atoms with Gasteiger partial charge in [0.2, 0.25) is 17.7 Å². The van der Waals surface area contributed by atoms with Crippen LogP contribution in [-0.2, 0) is 63.7 Å². The Morgan fingerprint density at radius 2 is 0.986 bits per heavy atom. The Balaban J connectivity index is 0.000000237. The molecule has 24 heteroatoms. The molecule has 4 fully saturated rings. The number of halogens is 8. The Morgan fingerprint density at radius 3 is 1.27 bits per heavy atom. The fourth-order valence-electron chi connectivity index (χ4n) is 8.24. The monoisotopic (exact) mass is 1020 g/mol. The van der Waals surface area contributed by atoms with Gasteiger partial charge in [-0.15, -0.1) is 0 Å². The van der Waals surface area contributed by atoms with E-state index in [0.717, 1.165) is 46.2 Å². The molecule has 0 atom stereocenters. The molecule has 4 aliphatic rings. The van der Waals surface area contributed by atoms with Crippen LogP contribution in [0, 0.1) is 34.3 Å². The van der Waals surface area contributed by atoms with Gasteiger partial charge in [-0.25, -0.2) is 8.78 Å². The Hall–Kier alpha value is -8.25. The number of nitriles is 2. The second-order valence-electron chi connectivity index (χ2n) is 16.8. The highest BCUT2D eigenvalue weighted by atomic mass is 19.4. The van der Waals surface area contributed by atoms with Crippen LogP contribution in [0.5, 0.6) is 0 Å². The highest BCUT2D eigenvalue weighted by Crippen LogP contribution is 2.39. The minimum atomic E-state index is -4.52. The summed E-state index contributed by atoms with van der Waals surface area (Å²) in [5.41, 5.74) is -3.72. The van der Waals surface area contributed by atoms with E-state index in [4.69, 9.17) is 10.5 Å². The first-order chi connectivity index (χ1) is 33.7. The van der Waals surface area contributed by atoms with Crippen LogP contribution in [0.1, 0.15) is 61.6 Å². The van der Waals surface area contributed by atoms with Gasteiger partial charge in [-0.2, -0.15) is 36.9 Å². The summed E-state index contributed by atoms with van der Waals surface area (Å²) in [6, 6.07) is 19.4. The quantitative estimate of drug-likeness (QED) is 0.138. The third-order valence-corrected chi connectivity index (χ3v) is 12.0. The summed E-state index contributed by atoms with van der Waals surface area (Å²) in [6.45, 7) is 2.60. The lowest BCUT2D eigenvalue weighted by Crippen LogP contribution is -2.81. The van der Waals surface area contributed by atoms with E-state index < -0.39 is 94.8 Å². The minimum Gasteiger partial charge on any atom is -0.394 e. The summed E-state index contributed by atoms with van der Waals surface area (Å²) in [5.74, 6) is -5.19. The molecule has 8 rings (SSSR count). The van der Waals surface area contributed by atoms with E-state index >= 15 is 0 Å². The van der Waals surface area contributed by atoms with Crippen molar-refractivity contribution in [3.63, 3.8) is 0 Å². The number of carbonyl (C=O) groups is 7. The third kappa shape index (κ3) is 11.8. The van der Waals surface area contributed by atoms with Gasteiger partial charge in [-0.1, -0.05) is 31.7 Å². The van der Waals surface area contributed by atoms with Crippen molar-refractivity contribution in [3.05, 3.63) is 130 Å². The molecule has 0 bridgehead atoms. The maximum absolute atomic E-state index is 14.7. The van der Waals surface area contributed by atoms with Gasteiger partial charge in [0.15, 0.2) is 5.54 Å². The molecule has 2 spiro atoms. The van der Waals surface area contributed by atoms with Crippen LogP contribution < -0.4 is 15.1 Å². The van der Waals surface area contributed by atoms with Gasteiger partial charge in [-0.3, -0.25) is 43.4 Å². The number of ether oxygens (including phenoxy) is 1. The Kier molecular flexibility index (Phi) is 16.5. The molecule has 4 aromatic carbocycles. The number of esters is 2. The summed E-state index contributed by atoms with van der Waals surface area (Å²) in [7, 11) is 0. The van der Waals surface area contributed by atoms with E-state index in [1.54, 1.807) is 12.1 Å². The van der Waals surface area contributed by atoms with E-state index in [1.165, 1.54) is 84.0 Å². The van der Waals surface area contributed by atoms with Crippen molar-refractivity contribution in [1.82, 2.24) is 20.0 Å². The second-order valence-corrected chi connectivity index (χ2v) is 16.8. The molecule has 384 valence electrons. The maximum atomic E-state index is 14.7. The van der Waals surface area contributed by atoms with Crippen molar-refractivity contribution >= 4 is 52.8 Å². The Bertz CT molecular complexity index is 2900. The highest BCUT2D eigenvalue weighted by molar-refractivity contribution is 6.11. The lowest BCUT2D eigenvalue weighted by atomic mass is 9.83. The average Bonchev–Trinajstić information content (AvgIpc) is 3.27. The van der Waals surface area contributed by atoms with Gasteiger partial charge in [0.05, 0.1) is 58.9 Å². The zero-order valence-corrected chi connectivity index (χ0v) is 38.2. The van der Waals surface area contributed by atoms with Crippen molar-refractivity contribution in [3.8, 4) is 12.1 Å². The number of alkyl halides is 6. The molecule has 0 unspecified atom stereocenters. The lowest BCUT2D eigenvalue weighted by molar-refractivity contribution is -0.169. The van der Waals surface area contributed by atoms with Crippen molar-refractivity contribution in [2.45, 2.75) is 64.7 Å². The van der Waals surface area contributed by atoms with E-state index in [1.807, 2.05) is 0 Å². The SMILES string of the molecule is C.CC(=O)N1CC2(C1)C(=O)N(c1ccc(C#N)cc1F)CC(=O)N2Cc1ccc(C(F)(F)F)cc1.CC(=O)OC(C)=O.N#Cc1ccc(N2CC(=O)N(Cc3ccc(C(F)(F)F)cc3)C3(CNC3)C2=O)c(F)c1. The van der Waals surface area contributed by atoms with Crippen LogP contribution in [0.4, 0.5) is 46.5 Å². The summed E-state index contributed by atoms with van der Waals surface area (Å²) in [4.78, 5) is 90.3. The number of nitrogens with one attached hydrogen (secondary N) is 1. The van der Waals surface area contributed by atoms with Crippen molar-refractivity contribution in [2.24, 2.45) is 0 Å². The van der Waals surface area contributed by atoms with E-state index in [0.29, 0.717) is 11.1 Å². The van der Waals surface area contributed by atoms with Gasteiger partial charge in [0.1, 0.15) is 30.3 Å². The zero-order valence-electron chi connectivity index (χ0n) is 38.2. The molecule has 0 aromatic heterocycles. The predicted octanol–water partition coefficient (Wildman–Crippen LogP) is 5.86. The van der Waals surface area contributed by atoms with Gasteiger partial charge in [0, 0.05) is 47.0 Å². The first kappa shape index (κ1) is 55.7. The molecule has 0 saturated carbocycles.